The smallest absolute Gasteiger partial charge is 0.224 e. The maximum absolute atomic E-state index is 12.2. The first-order valence-electron chi connectivity index (χ1n) is 9.28. The van der Waals surface area contributed by atoms with Crippen LogP contribution in [0.3, 0.4) is 0 Å². The lowest BCUT2D eigenvalue weighted by atomic mass is 10.1. The van der Waals surface area contributed by atoms with E-state index >= 15 is 0 Å². The molecule has 0 spiro atoms. The standard InChI is InChI=1S/C21H23N3O3/c1-15-23-17-5-2-3-6-18(17)24(15)10-4-9-22-21(25)14-16-7-8-19-20(13-16)27-12-11-26-19/h2-3,5-8,13H,4,9-12,14H2,1H3,(H,22,25). The van der Waals surface area contributed by atoms with Crippen molar-refractivity contribution in [2.75, 3.05) is 19.8 Å². The molecule has 3 aromatic rings. The lowest BCUT2D eigenvalue weighted by Crippen LogP contribution is -2.27. The van der Waals surface area contributed by atoms with E-state index < -0.39 is 0 Å². The van der Waals surface area contributed by atoms with E-state index in [-0.39, 0.29) is 5.91 Å². The minimum absolute atomic E-state index is 0.0129. The summed E-state index contributed by atoms with van der Waals surface area (Å²) in [6.45, 7) is 4.59. The van der Waals surface area contributed by atoms with Crippen molar-refractivity contribution in [2.45, 2.75) is 26.3 Å². The second kappa shape index (κ2) is 7.70. The number of hydrogen-bond acceptors (Lipinski definition) is 4. The molecule has 1 aliphatic rings. The molecular weight excluding hydrogens is 342 g/mol. The second-order valence-electron chi connectivity index (χ2n) is 6.66. The maximum Gasteiger partial charge on any atom is 0.224 e. The van der Waals surface area contributed by atoms with E-state index in [4.69, 9.17) is 9.47 Å². The largest absolute Gasteiger partial charge is 0.486 e. The minimum Gasteiger partial charge on any atom is -0.486 e. The van der Waals surface area contributed by atoms with Crippen LogP contribution in [0.25, 0.3) is 11.0 Å². The fourth-order valence-corrected chi connectivity index (χ4v) is 3.39. The van der Waals surface area contributed by atoms with Crippen molar-refractivity contribution >= 4 is 16.9 Å². The number of amides is 1. The zero-order valence-electron chi connectivity index (χ0n) is 15.4. The third-order valence-corrected chi connectivity index (χ3v) is 4.70. The Kier molecular flexibility index (Phi) is 4.96. The van der Waals surface area contributed by atoms with Crippen LogP contribution in [0.4, 0.5) is 0 Å². The lowest BCUT2D eigenvalue weighted by molar-refractivity contribution is -0.120. The van der Waals surface area contributed by atoms with Gasteiger partial charge in [0.15, 0.2) is 11.5 Å². The Hall–Kier alpha value is -3.02. The average molecular weight is 365 g/mol. The predicted octanol–water partition coefficient (Wildman–Crippen LogP) is 2.86. The average Bonchev–Trinajstić information content (AvgIpc) is 3.00. The Morgan fingerprint density at radius 3 is 2.85 bits per heavy atom. The molecule has 140 valence electrons. The number of para-hydroxylation sites is 2. The molecule has 27 heavy (non-hydrogen) atoms. The van der Waals surface area contributed by atoms with Gasteiger partial charge >= 0.3 is 0 Å². The van der Waals surface area contributed by atoms with Crippen molar-refractivity contribution in [3.05, 3.63) is 53.9 Å². The normalized spacial score (nSPS) is 12.9. The number of hydrogen-bond donors (Lipinski definition) is 1. The molecular formula is C21H23N3O3. The number of aromatic nitrogens is 2. The van der Waals surface area contributed by atoms with Gasteiger partial charge in [-0.15, -0.1) is 0 Å². The summed E-state index contributed by atoms with van der Waals surface area (Å²) in [4.78, 5) is 16.8. The number of rotatable bonds is 6. The zero-order valence-corrected chi connectivity index (χ0v) is 15.4. The topological polar surface area (TPSA) is 65.4 Å². The SMILES string of the molecule is Cc1nc2ccccc2n1CCCNC(=O)Cc1ccc2c(c1)OCCO2. The number of ether oxygens (including phenoxy) is 2. The van der Waals surface area contributed by atoms with Gasteiger partial charge in [-0.3, -0.25) is 4.79 Å². The highest BCUT2D eigenvalue weighted by Crippen LogP contribution is 2.30. The number of imidazole rings is 1. The van der Waals surface area contributed by atoms with Crippen LogP contribution in [0.1, 0.15) is 17.8 Å². The summed E-state index contributed by atoms with van der Waals surface area (Å²) in [5, 5.41) is 3.00. The fraction of sp³-hybridized carbons (Fsp3) is 0.333. The molecule has 6 heteroatoms. The summed E-state index contributed by atoms with van der Waals surface area (Å²) in [5.41, 5.74) is 3.07. The van der Waals surface area contributed by atoms with Crippen LogP contribution in [0, 0.1) is 6.92 Å². The highest BCUT2D eigenvalue weighted by molar-refractivity contribution is 5.79. The van der Waals surface area contributed by atoms with E-state index in [9.17, 15) is 4.79 Å². The molecule has 1 N–H and O–H groups in total. The van der Waals surface area contributed by atoms with Crippen molar-refractivity contribution in [3.8, 4) is 11.5 Å². The first-order chi connectivity index (χ1) is 13.2. The van der Waals surface area contributed by atoms with E-state index in [0.29, 0.717) is 31.9 Å². The molecule has 0 unspecified atom stereocenters. The molecule has 1 aromatic heterocycles. The summed E-state index contributed by atoms with van der Waals surface area (Å²) >= 11 is 0. The molecule has 6 nitrogen and oxygen atoms in total. The summed E-state index contributed by atoms with van der Waals surface area (Å²) in [5.74, 6) is 2.47. The highest BCUT2D eigenvalue weighted by Gasteiger charge is 2.13. The Balaban J connectivity index is 1.28. The zero-order chi connectivity index (χ0) is 18.6. The third-order valence-electron chi connectivity index (χ3n) is 4.70. The van der Waals surface area contributed by atoms with Crippen LogP contribution in [0.15, 0.2) is 42.5 Å². The van der Waals surface area contributed by atoms with Gasteiger partial charge < -0.3 is 19.4 Å². The number of nitrogens with zero attached hydrogens (tertiary/aromatic N) is 2. The van der Waals surface area contributed by atoms with E-state index in [0.717, 1.165) is 41.1 Å². The molecule has 2 heterocycles. The van der Waals surface area contributed by atoms with E-state index in [1.165, 1.54) is 0 Å². The number of aryl methyl sites for hydroxylation is 2. The first kappa shape index (κ1) is 17.4. The van der Waals surface area contributed by atoms with Crippen LogP contribution in [-0.4, -0.2) is 35.2 Å². The van der Waals surface area contributed by atoms with Gasteiger partial charge in [-0.25, -0.2) is 4.98 Å². The molecule has 0 aliphatic carbocycles. The molecule has 0 radical (unpaired) electrons. The van der Waals surface area contributed by atoms with Crippen molar-refractivity contribution in [1.82, 2.24) is 14.9 Å². The molecule has 1 aliphatic heterocycles. The van der Waals surface area contributed by atoms with Gasteiger partial charge in [-0.2, -0.15) is 0 Å². The molecule has 0 atom stereocenters. The van der Waals surface area contributed by atoms with Crippen LogP contribution < -0.4 is 14.8 Å². The summed E-state index contributed by atoms with van der Waals surface area (Å²) < 4.78 is 13.3. The Bertz CT molecular complexity index is 964. The van der Waals surface area contributed by atoms with Gasteiger partial charge in [-0.1, -0.05) is 18.2 Å². The van der Waals surface area contributed by atoms with E-state index in [2.05, 4.69) is 20.9 Å². The van der Waals surface area contributed by atoms with Gasteiger partial charge in [-0.05, 0) is 43.2 Å². The Labute approximate surface area is 158 Å². The van der Waals surface area contributed by atoms with Gasteiger partial charge in [0.05, 0.1) is 17.5 Å². The molecule has 2 aromatic carbocycles. The van der Waals surface area contributed by atoms with Crippen molar-refractivity contribution in [2.24, 2.45) is 0 Å². The van der Waals surface area contributed by atoms with Crippen molar-refractivity contribution in [1.29, 1.82) is 0 Å². The monoisotopic (exact) mass is 365 g/mol. The number of benzene rings is 2. The van der Waals surface area contributed by atoms with Crippen molar-refractivity contribution < 1.29 is 14.3 Å². The molecule has 0 saturated carbocycles. The molecule has 4 rings (SSSR count). The van der Waals surface area contributed by atoms with Crippen LogP contribution in [-0.2, 0) is 17.8 Å². The van der Waals surface area contributed by atoms with Crippen molar-refractivity contribution in [3.63, 3.8) is 0 Å². The van der Waals surface area contributed by atoms with Crippen LogP contribution >= 0.6 is 0 Å². The maximum atomic E-state index is 12.2. The molecule has 1 amide bonds. The predicted molar refractivity (Wildman–Crippen MR) is 103 cm³/mol. The third kappa shape index (κ3) is 3.89. The number of carbonyl (C=O) groups excluding carboxylic acids is 1. The lowest BCUT2D eigenvalue weighted by Gasteiger charge is -2.18. The number of carbonyl (C=O) groups is 1. The quantitative estimate of drug-likeness (QED) is 0.682. The Morgan fingerprint density at radius 1 is 1.15 bits per heavy atom. The summed E-state index contributed by atoms with van der Waals surface area (Å²) in [6, 6.07) is 13.8. The molecule has 0 saturated heterocycles. The van der Waals surface area contributed by atoms with Crippen LogP contribution in [0.2, 0.25) is 0 Å². The van der Waals surface area contributed by atoms with E-state index in [1.54, 1.807) is 0 Å². The molecule has 0 bridgehead atoms. The van der Waals surface area contributed by atoms with Gasteiger partial charge in [0.1, 0.15) is 19.0 Å². The number of nitrogens with one attached hydrogen (secondary N) is 1. The van der Waals surface area contributed by atoms with E-state index in [1.807, 2.05) is 43.3 Å². The van der Waals surface area contributed by atoms with Gasteiger partial charge in [0.25, 0.3) is 0 Å². The summed E-state index contributed by atoms with van der Waals surface area (Å²) in [7, 11) is 0. The minimum atomic E-state index is 0.0129. The highest BCUT2D eigenvalue weighted by atomic mass is 16.6. The fourth-order valence-electron chi connectivity index (χ4n) is 3.39. The number of fused-ring (bicyclic) bond motifs is 2. The second-order valence-corrected chi connectivity index (χ2v) is 6.66. The Morgan fingerprint density at radius 2 is 1.96 bits per heavy atom. The van der Waals surface area contributed by atoms with Gasteiger partial charge in [0, 0.05) is 13.1 Å². The van der Waals surface area contributed by atoms with Crippen LogP contribution in [0.5, 0.6) is 11.5 Å². The molecule has 0 fully saturated rings. The first-order valence-corrected chi connectivity index (χ1v) is 9.28. The van der Waals surface area contributed by atoms with Gasteiger partial charge in [0.2, 0.25) is 5.91 Å². The summed E-state index contributed by atoms with van der Waals surface area (Å²) in [6.07, 6.45) is 1.19.